The number of carbonyl (C=O) groups is 1. The van der Waals surface area contributed by atoms with Crippen LogP contribution >= 0.6 is 11.6 Å². The summed E-state index contributed by atoms with van der Waals surface area (Å²) in [7, 11) is 3.71. The number of nitrogens with zero attached hydrogens (tertiary/aromatic N) is 4. The quantitative estimate of drug-likeness (QED) is 0.452. The number of nitriles is 1. The second-order valence-corrected chi connectivity index (χ2v) is 7.79. The number of hydrogen-bond acceptors (Lipinski definition) is 4. The highest BCUT2D eigenvalue weighted by molar-refractivity contribution is 6.31. The van der Waals surface area contributed by atoms with Crippen LogP contribution in [0.3, 0.4) is 0 Å². The first-order chi connectivity index (χ1) is 14.8. The molecule has 1 heterocycles. The zero-order valence-electron chi connectivity index (χ0n) is 17.9. The predicted molar refractivity (Wildman–Crippen MR) is 124 cm³/mol. The summed E-state index contributed by atoms with van der Waals surface area (Å²) in [5.41, 5.74) is 3.20. The second kappa shape index (κ2) is 9.50. The van der Waals surface area contributed by atoms with Crippen molar-refractivity contribution in [2.75, 3.05) is 19.0 Å². The minimum Gasteiger partial charge on any atom is -0.348 e. The van der Waals surface area contributed by atoms with Gasteiger partial charge in [0.2, 0.25) is 5.95 Å². The molecule has 0 aliphatic carbocycles. The van der Waals surface area contributed by atoms with Crippen LogP contribution in [0.2, 0.25) is 5.15 Å². The van der Waals surface area contributed by atoms with E-state index in [2.05, 4.69) is 10.3 Å². The van der Waals surface area contributed by atoms with E-state index in [1.807, 2.05) is 93.5 Å². The molecule has 6 nitrogen and oxygen atoms in total. The van der Waals surface area contributed by atoms with Gasteiger partial charge in [-0.3, -0.25) is 9.36 Å². The largest absolute Gasteiger partial charge is 0.348 e. The molecule has 1 N–H and O–H groups in total. The average Bonchev–Trinajstić information content (AvgIpc) is 3.09. The molecule has 3 rings (SSSR count). The maximum absolute atomic E-state index is 12.7. The lowest BCUT2D eigenvalue weighted by Crippen LogP contribution is -2.27. The lowest BCUT2D eigenvalue weighted by atomic mass is 10.1. The highest BCUT2D eigenvalue weighted by Gasteiger charge is 2.20. The van der Waals surface area contributed by atoms with Crippen molar-refractivity contribution >= 4 is 29.5 Å². The molecule has 158 valence electrons. The van der Waals surface area contributed by atoms with Gasteiger partial charge < -0.3 is 10.2 Å². The molecule has 0 fully saturated rings. The number of rotatable bonds is 6. The number of aryl methyl sites for hydroxylation is 1. The van der Waals surface area contributed by atoms with Crippen molar-refractivity contribution < 1.29 is 4.79 Å². The minimum absolute atomic E-state index is 0.0662. The van der Waals surface area contributed by atoms with Crippen LogP contribution < -0.4 is 10.2 Å². The van der Waals surface area contributed by atoms with Gasteiger partial charge in [0.15, 0.2) is 0 Å². The van der Waals surface area contributed by atoms with Crippen LogP contribution in [0.4, 0.5) is 5.95 Å². The Kier molecular flexibility index (Phi) is 6.78. The molecule has 0 aliphatic heterocycles. The molecule has 7 heteroatoms. The predicted octanol–water partition coefficient (Wildman–Crippen LogP) is 4.68. The molecule has 1 unspecified atom stereocenters. The van der Waals surface area contributed by atoms with Gasteiger partial charge in [-0.25, -0.2) is 4.98 Å². The van der Waals surface area contributed by atoms with Crippen LogP contribution in [0.25, 0.3) is 11.8 Å². The van der Waals surface area contributed by atoms with E-state index in [0.717, 1.165) is 16.8 Å². The lowest BCUT2D eigenvalue weighted by Gasteiger charge is -2.15. The summed E-state index contributed by atoms with van der Waals surface area (Å²) < 4.78 is 1.78. The molecule has 0 bridgehead atoms. The Morgan fingerprint density at radius 1 is 1.19 bits per heavy atom. The standard InChI is InChI=1S/C24H24ClN5O/c1-16-10-12-20(13-11-16)30-22(25)21(28-24(30)29(3)4)14-19(15-26)23(31)27-17(2)18-8-6-5-7-9-18/h5-14,17H,1-4H3,(H,27,31)/b19-14+. The molecule has 1 amide bonds. The van der Waals surface area contributed by atoms with Gasteiger partial charge in [-0.05, 0) is 37.6 Å². The van der Waals surface area contributed by atoms with Gasteiger partial charge in [-0.15, -0.1) is 0 Å². The Hall–Kier alpha value is -3.56. The number of imidazole rings is 1. The second-order valence-electron chi connectivity index (χ2n) is 7.43. The van der Waals surface area contributed by atoms with Crippen molar-refractivity contribution in [2.24, 2.45) is 0 Å². The number of amides is 1. The lowest BCUT2D eigenvalue weighted by molar-refractivity contribution is -0.117. The van der Waals surface area contributed by atoms with Gasteiger partial charge in [0.05, 0.1) is 6.04 Å². The normalized spacial score (nSPS) is 12.2. The molecule has 0 radical (unpaired) electrons. The summed E-state index contributed by atoms with van der Waals surface area (Å²) in [6, 6.07) is 19.1. The molecule has 0 aliphatic rings. The first-order valence-electron chi connectivity index (χ1n) is 9.82. The van der Waals surface area contributed by atoms with Crippen LogP contribution in [0.1, 0.15) is 29.8 Å². The van der Waals surface area contributed by atoms with Gasteiger partial charge in [0, 0.05) is 19.8 Å². The number of halogens is 1. The van der Waals surface area contributed by atoms with E-state index in [0.29, 0.717) is 16.8 Å². The molecule has 0 spiro atoms. The van der Waals surface area contributed by atoms with Crippen molar-refractivity contribution in [2.45, 2.75) is 19.9 Å². The van der Waals surface area contributed by atoms with Crippen molar-refractivity contribution in [1.82, 2.24) is 14.9 Å². The fourth-order valence-electron chi connectivity index (χ4n) is 3.11. The van der Waals surface area contributed by atoms with Crippen LogP contribution in [0, 0.1) is 18.3 Å². The topological polar surface area (TPSA) is 74.0 Å². The van der Waals surface area contributed by atoms with E-state index in [1.54, 1.807) is 4.57 Å². The SMILES string of the molecule is Cc1ccc(-n2c(N(C)C)nc(/C=C(\C#N)C(=O)NC(C)c3ccccc3)c2Cl)cc1. The summed E-state index contributed by atoms with van der Waals surface area (Å²) in [6.07, 6.45) is 1.42. The average molecular weight is 434 g/mol. The van der Waals surface area contributed by atoms with E-state index < -0.39 is 5.91 Å². The summed E-state index contributed by atoms with van der Waals surface area (Å²) in [4.78, 5) is 19.1. The molecule has 1 aromatic heterocycles. The van der Waals surface area contributed by atoms with Crippen LogP contribution in [0.15, 0.2) is 60.2 Å². The fourth-order valence-corrected chi connectivity index (χ4v) is 3.38. The van der Waals surface area contributed by atoms with Crippen molar-refractivity contribution in [1.29, 1.82) is 5.26 Å². The van der Waals surface area contributed by atoms with Crippen LogP contribution in [0.5, 0.6) is 0 Å². The zero-order valence-corrected chi connectivity index (χ0v) is 18.7. The summed E-state index contributed by atoms with van der Waals surface area (Å²) in [5.74, 6) is 0.113. The monoisotopic (exact) mass is 433 g/mol. The number of anilines is 1. The molecule has 0 saturated heterocycles. The Morgan fingerprint density at radius 3 is 2.42 bits per heavy atom. The summed E-state index contributed by atoms with van der Waals surface area (Å²) in [6.45, 7) is 3.88. The van der Waals surface area contributed by atoms with E-state index in [-0.39, 0.29) is 11.6 Å². The van der Waals surface area contributed by atoms with Crippen molar-refractivity contribution in [3.8, 4) is 11.8 Å². The highest BCUT2D eigenvalue weighted by Crippen LogP contribution is 2.29. The molecule has 1 atom stereocenters. The maximum atomic E-state index is 12.7. The number of carbonyl (C=O) groups excluding carboxylic acids is 1. The van der Waals surface area contributed by atoms with Gasteiger partial charge in [0.25, 0.3) is 5.91 Å². The third-order valence-corrected chi connectivity index (χ3v) is 5.18. The molecular formula is C24H24ClN5O. The Bertz CT molecular complexity index is 1140. The number of nitrogens with one attached hydrogen (secondary N) is 1. The van der Waals surface area contributed by atoms with E-state index in [1.165, 1.54) is 6.08 Å². The number of aromatic nitrogens is 2. The molecule has 2 aromatic carbocycles. The number of benzene rings is 2. The summed E-state index contributed by atoms with van der Waals surface area (Å²) in [5, 5.41) is 12.8. The van der Waals surface area contributed by atoms with Gasteiger partial charge in [-0.2, -0.15) is 5.26 Å². The fraction of sp³-hybridized carbons (Fsp3) is 0.208. The van der Waals surface area contributed by atoms with E-state index >= 15 is 0 Å². The van der Waals surface area contributed by atoms with Crippen molar-refractivity contribution in [3.63, 3.8) is 0 Å². The molecule has 31 heavy (non-hydrogen) atoms. The minimum atomic E-state index is -0.480. The molecule has 3 aromatic rings. The highest BCUT2D eigenvalue weighted by atomic mass is 35.5. The summed E-state index contributed by atoms with van der Waals surface area (Å²) >= 11 is 6.64. The first kappa shape index (κ1) is 22.1. The van der Waals surface area contributed by atoms with Crippen LogP contribution in [-0.4, -0.2) is 29.6 Å². The third-order valence-electron chi connectivity index (χ3n) is 4.81. The van der Waals surface area contributed by atoms with Gasteiger partial charge >= 0.3 is 0 Å². The first-order valence-corrected chi connectivity index (χ1v) is 10.2. The van der Waals surface area contributed by atoms with Gasteiger partial charge in [0.1, 0.15) is 22.5 Å². The Morgan fingerprint density at radius 2 is 1.84 bits per heavy atom. The van der Waals surface area contributed by atoms with Crippen LogP contribution in [-0.2, 0) is 4.79 Å². The molecular weight excluding hydrogens is 410 g/mol. The van der Waals surface area contributed by atoms with Gasteiger partial charge in [-0.1, -0.05) is 59.6 Å². The third kappa shape index (κ3) is 4.96. The Labute approximate surface area is 187 Å². The Balaban J connectivity index is 1.95. The maximum Gasteiger partial charge on any atom is 0.262 e. The zero-order chi connectivity index (χ0) is 22.5. The molecule has 0 saturated carbocycles. The number of hydrogen-bond donors (Lipinski definition) is 1. The smallest absolute Gasteiger partial charge is 0.262 e. The van der Waals surface area contributed by atoms with Crippen molar-refractivity contribution in [3.05, 3.63) is 82.1 Å². The van der Waals surface area contributed by atoms with E-state index in [9.17, 15) is 10.1 Å². The van der Waals surface area contributed by atoms with E-state index in [4.69, 9.17) is 11.6 Å².